The summed E-state index contributed by atoms with van der Waals surface area (Å²) in [6.07, 6.45) is 0.408. The van der Waals surface area contributed by atoms with Gasteiger partial charge in [0.05, 0.1) is 28.3 Å². The molecule has 0 bridgehead atoms. The van der Waals surface area contributed by atoms with Gasteiger partial charge < -0.3 is 14.2 Å². The van der Waals surface area contributed by atoms with E-state index < -0.39 is 0 Å². The Labute approximate surface area is 211 Å². The number of imidazole rings is 1. The first-order valence-corrected chi connectivity index (χ1v) is 12.5. The van der Waals surface area contributed by atoms with E-state index in [0.717, 1.165) is 28.3 Å². The number of benzene rings is 3. The van der Waals surface area contributed by atoms with Crippen LogP contribution < -0.4 is 9.64 Å². The van der Waals surface area contributed by atoms with Gasteiger partial charge in [0.15, 0.2) is 0 Å². The Bertz CT molecular complexity index is 1380. The van der Waals surface area contributed by atoms with Crippen molar-refractivity contribution in [3.8, 4) is 5.75 Å². The fourth-order valence-corrected chi connectivity index (χ4v) is 5.15. The molecule has 35 heavy (non-hydrogen) atoms. The van der Waals surface area contributed by atoms with Crippen LogP contribution in [0.5, 0.6) is 5.75 Å². The van der Waals surface area contributed by atoms with E-state index in [1.165, 1.54) is 11.1 Å². The summed E-state index contributed by atoms with van der Waals surface area (Å²) in [5.74, 6) is 2.30. The first-order chi connectivity index (χ1) is 16.9. The summed E-state index contributed by atoms with van der Waals surface area (Å²) in [6.45, 7) is 8.17. The van der Waals surface area contributed by atoms with E-state index in [2.05, 4.69) is 49.6 Å². The van der Waals surface area contributed by atoms with Crippen molar-refractivity contribution in [2.24, 2.45) is 0 Å². The van der Waals surface area contributed by atoms with Crippen molar-refractivity contribution in [3.05, 3.63) is 88.7 Å². The second kappa shape index (κ2) is 9.74. The predicted molar refractivity (Wildman–Crippen MR) is 142 cm³/mol. The first-order valence-electron chi connectivity index (χ1n) is 12.2. The number of ether oxygens (including phenoxy) is 1. The highest BCUT2D eigenvalue weighted by Gasteiger charge is 2.35. The highest BCUT2D eigenvalue weighted by molar-refractivity contribution is 6.33. The maximum Gasteiger partial charge on any atom is 0.227 e. The molecule has 0 spiro atoms. The van der Waals surface area contributed by atoms with Crippen LogP contribution >= 0.6 is 11.6 Å². The van der Waals surface area contributed by atoms with Crippen molar-refractivity contribution in [2.75, 3.05) is 18.1 Å². The van der Waals surface area contributed by atoms with Crippen molar-refractivity contribution in [1.82, 2.24) is 9.55 Å². The summed E-state index contributed by atoms with van der Waals surface area (Å²) in [5.41, 5.74) is 5.14. The van der Waals surface area contributed by atoms with Crippen LogP contribution in [0.25, 0.3) is 11.0 Å². The number of aryl methyl sites for hydroxylation is 1. The summed E-state index contributed by atoms with van der Waals surface area (Å²) < 4.78 is 8.52. The number of carbonyl (C=O) groups is 1. The van der Waals surface area contributed by atoms with Crippen molar-refractivity contribution >= 4 is 34.2 Å². The van der Waals surface area contributed by atoms with Crippen LogP contribution in [0.15, 0.2) is 66.7 Å². The number of amides is 1. The number of nitrogens with zero attached hydrogens (tertiary/aromatic N) is 3. The Morgan fingerprint density at radius 2 is 1.86 bits per heavy atom. The van der Waals surface area contributed by atoms with E-state index in [-0.39, 0.29) is 11.8 Å². The molecule has 1 aromatic heterocycles. The lowest BCUT2D eigenvalue weighted by Crippen LogP contribution is -2.25. The Balaban J connectivity index is 1.41. The first kappa shape index (κ1) is 23.4. The summed E-state index contributed by atoms with van der Waals surface area (Å²) in [5, 5.41) is 0.586. The van der Waals surface area contributed by atoms with Gasteiger partial charge in [-0.05, 0) is 54.3 Å². The smallest absolute Gasteiger partial charge is 0.227 e. The number of rotatable bonds is 7. The standard InChI is InChI=1S/C29H30ClN3O2/c1-19(2)22-13-12-20(3)16-27(22)35-15-14-32-26-11-7-5-9-24(26)31-29(32)21-17-28(34)33(18-21)25-10-6-4-8-23(25)30/h4-13,16,19,21H,14-15,17-18H2,1-3H3. The lowest BCUT2D eigenvalue weighted by molar-refractivity contribution is -0.117. The average molecular weight is 488 g/mol. The van der Waals surface area contributed by atoms with Crippen molar-refractivity contribution in [3.63, 3.8) is 0 Å². The van der Waals surface area contributed by atoms with E-state index in [9.17, 15) is 4.79 Å². The highest BCUT2D eigenvalue weighted by atomic mass is 35.5. The molecule has 4 aromatic rings. The van der Waals surface area contributed by atoms with Gasteiger partial charge in [0.1, 0.15) is 18.2 Å². The van der Waals surface area contributed by atoms with Gasteiger partial charge in [-0.25, -0.2) is 4.98 Å². The summed E-state index contributed by atoms with van der Waals surface area (Å²) in [6, 6.07) is 22.0. The molecule has 1 atom stereocenters. The van der Waals surface area contributed by atoms with Crippen molar-refractivity contribution < 1.29 is 9.53 Å². The van der Waals surface area contributed by atoms with Crippen molar-refractivity contribution in [2.45, 2.75) is 45.6 Å². The zero-order valence-corrected chi connectivity index (χ0v) is 21.1. The molecule has 1 fully saturated rings. The zero-order chi connectivity index (χ0) is 24.5. The molecule has 5 rings (SSSR count). The monoisotopic (exact) mass is 487 g/mol. The molecule has 1 amide bonds. The Hall–Kier alpha value is -3.31. The second-order valence-corrected chi connectivity index (χ2v) is 9.92. The van der Waals surface area contributed by atoms with Crippen LogP contribution in [0, 0.1) is 6.92 Å². The van der Waals surface area contributed by atoms with E-state index in [1.54, 1.807) is 4.90 Å². The fraction of sp³-hybridized carbons (Fsp3) is 0.310. The fourth-order valence-electron chi connectivity index (χ4n) is 4.92. The van der Waals surface area contributed by atoms with E-state index in [1.807, 2.05) is 42.5 Å². The third-order valence-corrected chi connectivity index (χ3v) is 7.00. The minimum atomic E-state index is -0.0173. The van der Waals surface area contributed by atoms with Gasteiger partial charge in [-0.3, -0.25) is 4.79 Å². The lowest BCUT2D eigenvalue weighted by atomic mass is 10.0. The Kier molecular flexibility index (Phi) is 6.52. The van der Waals surface area contributed by atoms with Crippen LogP contribution in [0.4, 0.5) is 5.69 Å². The van der Waals surface area contributed by atoms with Gasteiger partial charge >= 0.3 is 0 Å². The number of anilines is 1. The second-order valence-electron chi connectivity index (χ2n) is 9.51. The molecule has 0 aliphatic carbocycles. The van der Waals surface area contributed by atoms with E-state index in [0.29, 0.717) is 37.1 Å². The molecular weight excluding hydrogens is 458 g/mol. The number of para-hydroxylation sites is 3. The van der Waals surface area contributed by atoms with E-state index >= 15 is 0 Å². The average Bonchev–Trinajstić information content (AvgIpc) is 3.40. The summed E-state index contributed by atoms with van der Waals surface area (Å²) in [4.78, 5) is 19.7. The van der Waals surface area contributed by atoms with Gasteiger partial charge in [-0.15, -0.1) is 0 Å². The normalized spacial score (nSPS) is 16.0. The van der Waals surface area contributed by atoms with E-state index in [4.69, 9.17) is 21.3 Å². The number of hydrogen-bond donors (Lipinski definition) is 0. The number of aromatic nitrogens is 2. The molecule has 5 nitrogen and oxygen atoms in total. The molecule has 3 aromatic carbocycles. The molecule has 2 heterocycles. The summed E-state index contributed by atoms with van der Waals surface area (Å²) >= 11 is 6.40. The molecule has 6 heteroatoms. The van der Waals surface area contributed by atoms with Gasteiger partial charge in [0, 0.05) is 18.9 Å². The van der Waals surface area contributed by atoms with Gasteiger partial charge in [0.2, 0.25) is 5.91 Å². The van der Waals surface area contributed by atoms with Crippen LogP contribution in [-0.2, 0) is 11.3 Å². The largest absolute Gasteiger partial charge is 0.491 e. The quantitative estimate of drug-likeness (QED) is 0.290. The molecule has 0 radical (unpaired) electrons. The number of fused-ring (bicyclic) bond motifs is 1. The maximum atomic E-state index is 13.0. The van der Waals surface area contributed by atoms with Gasteiger partial charge in [0.25, 0.3) is 0 Å². The van der Waals surface area contributed by atoms with Crippen LogP contribution in [-0.4, -0.2) is 28.6 Å². The number of halogens is 1. The molecule has 1 unspecified atom stereocenters. The van der Waals surface area contributed by atoms with Crippen LogP contribution in [0.3, 0.4) is 0 Å². The molecule has 1 aliphatic rings. The topological polar surface area (TPSA) is 47.4 Å². The minimum absolute atomic E-state index is 0.0173. The minimum Gasteiger partial charge on any atom is -0.491 e. The molecule has 1 saturated heterocycles. The van der Waals surface area contributed by atoms with Crippen LogP contribution in [0.2, 0.25) is 5.02 Å². The molecule has 1 aliphatic heterocycles. The predicted octanol–water partition coefficient (Wildman–Crippen LogP) is 6.72. The number of carbonyl (C=O) groups excluding carboxylic acids is 1. The SMILES string of the molecule is Cc1ccc(C(C)C)c(OCCn2c(C3CC(=O)N(c4ccccc4Cl)C3)nc3ccccc32)c1. The Morgan fingerprint density at radius 3 is 2.66 bits per heavy atom. The molecule has 0 N–H and O–H groups in total. The molecule has 180 valence electrons. The lowest BCUT2D eigenvalue weighted by Gasteiger charge is -2.19. The zero-order valence-electron chi connectivity index (χ0n) is 20.4. The Morgan fingerprint density at radius 1 is 1.09 bits per heavy atom. The van der Waals surface area contributed by atoms with Gasteiger partial charge in [-0.1, -0.05) is 61.8 Å². The van der Waals surface area contributed by atoms with Gasteiger partial charge in [-0.2, -0.15) is 0 Å². The number of hydrogen-bond acceptors (Lipinski definition) is 3. The highest BCUT2D eigenvalue weighted by Crippen LogP contribution is 2.36. The third kappa shape index (κ3) is 4.65. The maximum absolute atomic E-state index is 13.0. The molecular formula is C29H30ClN3O2. The third-order valence-electron chi connectivity index (χ3n) is 6.68. The van der Waals surface area contributed by atoms with Crippen LogP contribution in [0.1, 0.15) is 49.1 Å². The summed E-state index contributed by atoms with van der Waals surface area (Å²) in [7, 11) is 0. The molecule has 0 saturated carbocycles. The van der Waals surface area contributed by atoms with Crippen molar-refractivity contribution in [1.29, 1.82) is 0 Å².